The van der Waals surface area contributed by atoms with Crippen molar-refractivity contribution in [3.05, 3.63) is 36.0 Å². The van der Waals surface area contributed by atoms with Crippen molar-refractivity contribution in [3.8, 4) is 6.07 Å². The van der Waals surface area contributed by atoms with Gasteiger partial charge >= 0.3 is 0 Å². The van der Waals surface area contributed by atoms with Gasteiger partial charge < -0.3 is 9.88 Å². The van der Waals surface area contributed by atoms with Crippen molar-refractivity contribution in [3.63, 3.8) is 0 Å². The number of benzene rings is 1. The zero-order valence-corrected chi connectivity index (χ0v) is 12.6. The van der Waals surface area contributed by atoms with Crippen LogP contribution in [0.3, 0.4) is 0 Å². The van der Waals surface area contributed by atoms with Crippen molar-refractivity contribution in [1.29, 1.82) is 5.26 Å². The Morgan fingerprint density at radius 1 is 1.20 bits per heavy atom. The fourth-order valence-electron chi connectivity index (χ4n) is 2.24. The molecule has 0 spiro atoms. The summed E-state index contributed by atoms with van der Waals surface area (Å²) < 4.78 is 2.21. The topological polar surface area (TPSA) is 40.8 Å². The van der Waals surface area contributed by atoms with Gasteiger partial charge in [-0.1, -0.05) is 26.8 Å². The van der Waals surface area contributed by atoms with Gasteiger partial charge in [-0.15, -0.1) is 0 Å². The summed E-state index contributed by atoms with van der Waals surface area (Å²) >= 11 is 0. The Labute approximate surface area is 121 Å². The van der Waals surface area contributed by atoms with Crippen molar-refractivity contribution in [2.24, 2.45) is 5.41 Å². The van der Waals surface area contributed by atoms with Gasteiger partial charge in [0.15, 0.2) is 0 Å². The van der Waals surface area contributed by atoms with Crippen molar-refractivity contribution < 1.29 is 0 Å². The van der Waals surface area contributed by atoms with E-state index in [1.807, 2.05) is 18.2 Å². The van der Waals surface area contributed by atoms with Gasteiger partial charge in [0.25, 0.3) is 0 Å². The van der Waals surface area contributed by atoms with Crippen LogP contribution < -0.4 is 5.32 Å². The van der Waals surface area contributed by atoms with Gasteiger partial charge in [0.2, 0.25) is 0 Å². The molecule has 0 radical (unpaired) electrons. The van der Waals surface area contributed by atoms with E-state index < -0.39 is 0 Å². The van der Waals surface area contributed by atoms with E-state index in [1.54, 1.807) is 0 Å². The average molecular weight is 269 g/mol. The third-order valence-electron chi connectivity index (χ3n) is 3.48. The predicted octanol–water partition coefficient (Wildman–Crippen LogP) is 3.54. The van der Waals surface area contributed by atoms with E-state index in [2.05, 4.69) is 49.0 Å². The molecule has 1 aromatic carbocycles. The van der Waals surface area contributed by atoms with Gasteiger partial charge in [0.1, 0.15) is 0 Å². The number of fused-ring (bicyclic) bond motifs is 1. The fraction of sp³-hybridized carbons (Fsp3) is 0.471. The second-order valence-electron chi connectivity index (χ2n) is 6.46. The van der Waals surface area contributed by atoms with Gasteiger partial charge in [0, 0.05) is 24.8 Å². The SMILES string of the molecule is CC(C)(C)CCNCCn1ccc2ccc(C#N)cc21. The lowest BCUT2D eigenvalue weighted by atomic mass is 9.92. The molecule has 0 fully saturated rings. The molecule has 0 aliphatic rings. The van der Waals surface area contributed by atoms with Crippen LogP contribution in [0.2, 0.25) is 0 Å². The van der Waals surface area contributed by atoms with Crippen molar-refractivity contribution in [2.75, 3.05) is 13.1 Å². The van der Waals surface area contributed by atoms with Gasteiger partial charge in [-0.05, 0) is 42.0 Å². The van der Waals surface area contributed by atoms with Crippen molar-refractivity contribution in [2.45, 2.75) is 33.7 Å². The molecule has 20 heavy (non-hydrogen) atoms. The molecule has 0 saturated heterocycles. The Morgan fingerprint density at radius 2 is 2.00 bits per heavy atom. The minimum atomic E-state index is 0.384. The highest BCUT2D eigenvalue weighted by Crippen LogP contribution is 2.18. The molecule has 2 aromatic rings. The summed E-state index contributed by atoms with van der Waals surface area (Å²) in [4.78, 5) is 0. The van der Waals surface area contributed by atoms with Crippen LogP contribution in [0.25, 0.3) is 10.9 Å². The van der Waals surface area contributed by atoms with Crippen LogP contribution >= 0.6 is 0 Å². The molecule has 0 bridgehead atoms. The number of hydrogen-bond acceptors (Lipinski definition) is 2. The smallest absolute Gasteiger partial charge is 0.0992 e. The first-order valence-electron chi connectivity index (χ1n) is 7.19. The Balaban J connectivity index is 1.92. The molecule has 0 aliphatic carbocycles. The number of aromatic nitrogens is 1. The molecular formula is C17H23N3. The third-order valence-corrected chi connectivity index (χ3v) is 3.48. The summed E-state index contributed by atoms with van der Waals surface area (Å²) in [6, 6.07) is 10.1. The second-order valence-corrected chi connectivity index (χ2v) is 6.46. The molecule has 0 saturated carbocycles. The Morgan fingerprint density at radius 3 is 2.70 bits per heavy atom. The van der Waals surface area contributed by atoms with E-state index in [4.69, 9.17) is 5.26 Å². The molecular weight excluding hydrogens is 246 g/mol. The predicted molar refractivity (Wildman–Crippen MR) is 83.6 cm³/mol. The van der Waals surface area contributed by atoms with Crippen LogP contribution in [0, 0.1) is 16.7 Å². The van der Waals surface area contributed by atoms with Gasteiger partial charge in [-0.3, -0.25) is 0 Å². The largest absolute Gasteiger partial charge is 0.346 e. The number of hydrogen-bond donors (Lipinski definition) is 1. The van der Waals surface area contributed by atoms with Gasteiger partial charge in [-0.25, -0.2) is 0 Å². The lowest BCUT2D eigenvalue weighted by molar-refractivity contribution is 0.365. The van der Waals surface area contributed by atoms with E-state index in [9.17, 15) is 0 Å². The number of nitrogens with zero attached hydrogens (tertiary/aromatic N) is 2. The molecule has 2 rings (SSSR count). The quantitative estimate of drug-likeness (QED) is 0.843. The second kappa shape index (κ2) is 6.11. The molecule has 1 N–H and O–H groups in total. The maximum Gasteiger partial charge on any atom is 0.0992 e. The van der Waals surface area contributed by atoms with E-state index in [1.165, 1.54) is 11.8 Å². The lowest BCUT2D eigenvalue weighted by Gasteiger charge is -2.18. The summed E-state index contributed by atoms with van der Waals surface area (Å²) in [6.45, 7) is 9.72. The Hall–Kier alpha value is -1.79. The summed E-state index contributed by atoms with van der Waals surface area (Å²) in [5.41, 5.74) is 2.24. The minimum Gasteiger partial charge on any atom is -0.346 e. The molecule has 0 aliphatic heterocycles. The average Bonchev–Trinajstić information content (AvgIpc) is 2.79. The Bertz CT molecular complexity index is 611. The summed E-state index contributed by atoms with van der Waals surface area (Å²) in [5, 5.41) is 13.7. The van der Waals surface area contributed by atoms with Crippen LogP contribution in [0.5, 0.6) is 0 Å². The zero-order valence-electron chi connectivity index (χ0n) is 12.6. The fourth-order valence-corrected chi connectivity index (χ4v) is 2.24. The summed E-state index contributed by atoms with van der Waals surface area (Å²) in [6.07, 6.45) is 3.27. The van der Waals surface area contributed by atoms with Crippen LogP contribution in [0.15, 0.2) is 30.5 Å². The Kier molecular flexibility index (Phi) is 4.46. The van der Waals surface area contributed by atoms with Crippen LogP contribution in [-0.4, -0.2) is 17.7 Å². The normalized spacial score (nSPS) is 11.7. The summed E-state index contributed by atoms with van der Waals surface area (Å²) in [7, 11) is 0. The third kappa shape index (κ3) is 3.85. The molecule has 3 nitrogen and oxygen atoms in total. The lowest BCUT2D eigenvalue weighted by Crippen LogP contribution is -2.24. The monoisotopic (exact) mass is 269 g/mol. The number of nitrogens with one attached hydrogen (secondary N) is 1. The minimum absolute atomic E-state index is 0.384. The molecule has 3 heteroatoms. The maximum absolute atomic E-state index is 8.98. The van der Waals surface area contributed by atoms with Crippen LogP contribution in [0.1, 0.15) is 32.8 Å². The zero-order chi connectivity index (χ0) is 14.6. The molecule has 1 aromatic heterocycles. The molecule has 0 atom stereocenters. The van der Waals surface area contributed by atoms with E-state index >= 15 is 0 Å². The first kappa shape index (κ1) is 14.6. The van der Waals surface area contributed by atoms with E-state index in [0.29, 0.717) is 5.41 Å². The van der Waals surface area contributed by atoms with Gasteiger partial charge in [-0.2, -0.15) is 5.26 Å². The van der Waals surface area contributed by atoms with Gasteiger partial charge in [0.05, 0.1) is 11.6 Å². The highest BCUT2D eigenvalue weighted by atomic mass is 15.0. The van der Waals surface area contributed by atoms with Crippen LogP contribution in [-0.2, 0) is 6.54 Å². The highest BCUT2D eigenvalue weighted by molar-refractivity contribution is 5.81. The highest BCUT2D eigenvalue weighted by Gasteiger charge is 2.08. The summed E-state index contributed by atoms with van der Waals surface area (Å²) in [5.74, 6) is 0. The standard InChI is InChI=1S/C17H23N3/c1-17(2,3)7-8-19-9-11-20-10-6-15-5-4-14(13-18)12-16(15)20/h4-6,10,12,19H,7-9,11H2,1-3H3. The van der Waals surface area contributed by atoms with E-state index in [0.717, 1.165) is 30.7 Å². The number of rotatable bonds is 5. The van der Waals surface area contributed by atoms with Crippen LogP contribution in [0.4, 0.5) is 0 Å². The molecule has 1 heterocycles. The van der Waals surface area contributed by atoms with Crippen molar-refractivity contribution in [1.82, 2.24) is 9.88 Å². The number of nitriles is 1. The first-order valence-corrected chi connectivity index (χ1v) is 7.19. The molecule has 106 valence electrons. The van der Waals surface area contributed by atoms with E-state index in [-0.39, 0.29) is 0 Å². The maximum atomic E-state index is 8.98. The van der Waals surface area contributed by atoms with Crippen molar-refractivity contribution >= 4 is 10.9 Å². The first-order chi connectivity index (χ1) is 9.49. The molecule has 0 unspecified atom stereocenters. The molecule has 0 amide bonds.